The zero-order valence-electron chi connectivity index (χ0n) is 13.5. The van der Waals surface area contributed by atoms with Gasteiger partial charge in [-0.25, -0.2) is 0 Å². The molecule has 0 bridgehead atoms. The first-order valence-corrected chi connectivity index (χ1v) is 7.77. The van der Waals surface area contributed by atoms with Gasteiger partial charge in [-0.2, -0.15) is 5.26 Å². The molecule has 0 aromatic heterocycles. The van der Waals surface area contributed by atoms with Gasteiger partial charge in [-0.15, -0.1) is 0 Å². The van der Waals surface area contributed by atoms with Crippen LogP contribution < -0.4 is 10.2 Å². The van der Waals surface area contributed by atoms with Gasteiger partial charge in [0.2, 0.25) is 5.91 Å². The predicted molar refractivity (Wildman–Crippen MR) is 87.6 cm³/mol. The lowest BCUT2D eigenvalue weighted by Crippen LogP contribution is -2.41. The molecule has 1 aliphatic heterocycles. The summed E-state index contributed by atoms with van der Waals surface area (Å²) >= 11 is 0. The van der Waals surface area contributed by atoms with E-state index >= 15 is 0 Å². The third kappa shape index (κ3) is 4.20. The molecule has 24 heavy (non-hydrogen) atoms. The Morgan fingerprint density at radius 2 is 2.21 bits per heavy atom. The van der Waals surface area contributed by atoms with E-state index in [1.165, 1.54) is 12.1 Å². The minimum absolute atomic E-state index is 0.0240. The first kappa shape index (κ1) is 17.7. The fraction of sp³-hybridized carbons (Fsp3) is 0.500. The first-order chi connectivity index (χ1) is 11.6. The molecule has 0 unspecified atom stereocenters. The highest BCUT2D eigenvalue weighted by molar-refractivity contribution is 5.79. The summed E-state index contributed by atoms with van der Waals surface area (Å²) in [6.45, 7) is 2.25. The summed E-state index contributed by atoms with van der Waals surface area (Å²) in [6.07, 6.45) is 1.36. The lowest BCUT2D eigenvalue weighted by molar-refractivity contribution is -0.384. The number of carbonyl (C=O) groups is 1. The van der Waals surface area contributed by atoms with Crippen LogP contribution in [0.15, 0.2) is 18.2 Å². The SMILES string of the molecule is COCCNC(=O)C1CCN(c2ccc([N+](=O)[O-])cc2C#N)CC1. The molecule has 0 spiro atoms. The van der Waals surface area contributed by atoms with E-state index in [0.29, 0.717) is 44.8 Å². The van der Waals surface area contributed by atoms with E-state index in [4.69, 9.17) is 4.74 Å². The van der Waals surface area contributed by atoms with Crippen molar-refractivity contribution in [2.75, 3.05) is 38.3 Å². The number of nitrogens with zero attached hydrogens (tertiary/aromatic N) is 3. The number of benzene rings is 1. The molecule has 1 aliphatic rings. The number of amides is 1. The molecule has 128 valence electrons. The number of ether oxygens (including phenoxy) is 1. The second-order valence-electron chi connectivity index (χ2n) is 5.62. The molecule has 0 saturated carbocycles. The summed E-state index contributed by atoms with van der Waals surface area (Å²) in [5, 5.41) is 22.9. The molecule has 0 radical (unpaired) electrons. The standard InChI is InChI=1S/C16H20N4O4/c1-24-9-6-18-16(21)12-4-7-19(8-5-12)15-3-2-14(20(22)23)10-13(15)11-17/h2-3,10,12H,4-9H2,1H3,(H,18,21). The molecule has 2 rings (SSSR count). The van der Waals surface area contributed by atoms with Gasteiger partial charge in [0.15, 0.2) is 0 Å². The van der Waals surface area contributed by atoms with Gasteiger partial charge in [0.25, 0.3) is 5.69 Å². The Kier molecular flexibility index (Phi) is 6.09. The number of hydrogen-bond acceptors (Lipinski definition) is 6. The molecule has 8 heteroatoms. The zero-order valence-corrected chi connectivity index (χ0v) is 13.5. The smallest absolute Gasteiger partial charge is 0.270 e. The largest absolute Gasteiger partial charge is 0.383 e. The number of rotatable bonds is 6. The van der Waals surface area contributed by atoms with Crippen molar-refractivity contribution in [2.24, 2.45) is 5.92 Å². The fourth-order valence-corrected chi connectivity index (χ4v) is 2.81. The van der Waals surface area contributed by atoms with Crippen molar-refractivity contribution in [3.63, 3.8) is 0 Å². The second kappa shape index (κ2) is 8.26. The van der Waals surface area contributed by atoms with Crippen LogP contribution in [0.5, 0.6) is 0 Å². The van der Waals surface area contributed by atoms with Crippen molar-refractivity contribution >= 4 is 17.3 Å². The third-order valence-corrected chi connectivity index (χ3v) is 4.12. The topological polar surface area (TPSA) is 108 Å². The molecule has 8 nitrogen and oxygen atoms in total. The lowest BCUT2D eigenvalue weighted by atomic mass is 9.95. The molecule has 1 N–H and O–H groups in total. The summed E-state index contributed by atoms with van der Waals surface area (Å²) in [5.74, 6) is -0.0300. The minimum Gasteiger partial charge on any atom is -0.383 e. The van der Waals surface area contributed by atoms with E-state index in [0.717, 1.165) is 0 Å². The second-order valence-corrected chi connectivity index (χ2v) is 5.62. The van der Waals surface area contributed by atoms with Crippen LogP contribution in [0.4, 0.5) is 11.4 Å². The van der Waals surface area contributed by atoms with Crippen LogP contribution in [0.25, 0.3) is 0 Å². The number of piperidine rings is 1. The predicted octanol–water partition coefficient (Wildman–Crippen LogP) is 1.45. The minimum atomic E-state index is -0.513. The number of methoxy groups -OCH3 is 1. The van der Waals surface area contributed by atoms with Gasteiger partial charge in [0.05, 0.1) is 22.8 Å². The highest BCUT2D eigenvalue weighted by Crippen LogP contribution is 2.28. The average Bonchev–Trinajstić information content (AvgIpc) is 2.61. The van der Waals surface area contributed by atoms with Gasteiger partial charge in [-0.05, 0) is 18.9 Å². The highest BCUT2D eigenvalue weighted by atomic mass is 16.6. The van der Waals surface area contributed by atoms with Crippen molar-refractivity contribution < 1.29 is 14.5 Å². The molecule has 1 saturated heterocycles. The van der Waals surface area contributed by atoms with Gasteiger partial charge in [0, 0.05) is 44.8 Å². The molecule has 1 aromatic rings. The van der Waals surface area contributed by atoms with Crippen LogP contribution in [0.3, 0.4) is 0 Å². The first-order valence-electron chi connectivity index (χ1n) is 7.77. The molecule has 1 aromatic carbocycles. The normalized spacial score (nSPS) is 14.9. The van der Waals surface area contributed by atoms with Crippen LogP contribution in [0.2, 0.25) is 0 Å². The fourth-order valence-electron chi connectivity index (χ4n) is 2.81. The Morgan fingerprint density at radius 3 is 2.79 bits per heavy atom. The molecule has 0 atom stereocenters. The van der Waals surface area contributed by atoms with Crippen LogP contribution >= 0.6 is 0 Å². The summed E-state index contributed by atoms with van der Waals surface area (Å²) < 4.78 is 4.90. The number of nitro groups is 1. The van der Waals surface area contributed by atoms with Gasteiger partial charge in [-0.3, -0.25) is 14.9 Å². The number of non-ortho nitro benzene ring substituents is 1. The summed E-state index contributed by atoms with van der Waals surface area (Å²) in [6, 6.07) is 6.32. The maximum absolute atomic E-state index is 12.0. The van der Waals surface area contributed by atoms with Crippen molar-refractivity contribution in [3.05, 3.63) is 33.9 Å². The van der Waals surface area contributed by atoms with Crippen molar-refractivity contribution in [2.45, 2.75) is 12.8 Å². The van der Waals surface area contributed by atoms with E-state index in [1.807, 2.05) is 11.0 Å². The summed E-state index contributed by atoms with van der Waals surface area (Å²) in [7, 11) is 1.58. The van der Waals surface area contributed by atoms with Crippen LogP contribution in [-0.2, 0) is 9.53 Å². The zero-order chi connectivity index (χ0) is 17.5. The quantitative estimate of drug-likeness (QED) is 0.480. The number of nitriles is 1. The van der Waals surface area contributed by atoms with E-state index < -0.39 is 4.92 Å². The molecule has 0 aliphatic carbocycles. The van der Waals surface area contributed by atoms with Gasteiger partial charge in [-0.1, -0.05) is 0 Å². The molecule has 1 heterocycles. The number of nitrogens with one attached hydrogen (secondary N) is 1. The number of anilines is 1. The Bertz CT molecular complexity index is 648. The van der Waals surface area contributed by atoms with Gasteiger partial charge in [0.1, 0.15) is 6.07 Å². The van der Waals surface area contributed by atoms with Crippen LogP contribution in [0.1, 0.15) is 18.4 Å². The number of hydrogen-bond donors (Lipinski definition) is 1. The molecular weight excluding hydrogens is 312 g/mol. The van der Waals surface area contributed by atoms with Gasteiger partial charge >= 0.3 is 0 Å². The van der Waals surface area contributed by atoms with Crippen molar-refractivity contribution in [3.8, 4) is 6.07 Å². The Morgan fingerprint density at radius 1 is 1.50 bits per heavy atom. The Balaban J connectivity index is 1.98. The van der Waals surface area contributed by atoms with Crippen LogP contribution in [-0.4, -0.2) is 44.2 Å². The van der Waals surface area contributed by atoms with Crippen LogP contribution in [0, 0.1) is 27.4 Å². The third-order valence-electron chi connectivity index (χ3n) is 4.12. The number of carbonyl (C=O) groups excluding carboxylic acids is 1. The molecular formula is C16H20N4O4. The van der Waals surface area contributed by atoms with E-state index in [2.05, 4.69) is 5.32 Å². The lowest BCUT2D eigenvalue weighted by Gasteiger charge is -2.33. The maximum Gasteiger partial charge on any atom is 0.270 e. The van der Waals surface area contributed by atoms with Crippen molar-refractivity contribution in [1.29, 1.82) is 5.26 Å². The summed E-state index contributed by atoms with van der Waals surface area (Å²) in [5.41, 5.74) is 0.872. The van der Waals surface area contributed by atoms with E-state index in [9.17, 15) is 20.2 Å². The summed E-state index contributed by atoms with van der Waals surface area (Å²) in [4.78, 5) is 24.3. The van der Waals surface area contributed by atoms with E-state index in [1.54, 1.807) is 13.2 Å². The Hall–Kier alpha value is -2.66. The number of nitro benzene ring substituents is 1. The monoisotopic (exact) mass is 332 g/mol. The molecule has 1 amide bonds. The van der Waals surface area contributed by atoms with E-state index in [-0.39, 0.29) is 23.1 Å². The highest BCUT2D eigenvalue weighted by Gasteiger charge is 2.26. The maximum atomic E-state index is 12.0. The average molecular weight is 332 g/mol. The Labute approximate surface area is 140 Å². The molecule has 1 fully saturated rings. The van der Waals surface area contributed by atoms with Crippen molar-refractivity contribution in [1.82, 2.24) is 5.32 Å². The van der Waals surface area contributed by atoms with Gasteiger partial charge < -0.3 is 15.0 Å².